The van der Waals surface area contributed by atoms with Crippen LogP contribution >= 0.6 is 23.5 Å². The number of methoxy groups -OCH3 is 1. The summed E-state index contributed by atoms with van der Waals surface area (Å²) >= 11 is 2.71. The Morgan fingerprint density at radius 1 is 0.500 bits per heavy atom. The van der Waals surface area contributed by atoms with Crippen molar-refractivity contribution in [2.24, 2.45) is 11.8 Å². The van der Waals surface area contributed by atoms with Crippen LogP contribution in [-0.4, -0.2) is 154 Å². The number of anilines is 4. The van der Waals surface area contributed by atoms with Crippen molar-refractivity contribution in [2.45, 2.75) is 71.1 Å². The summed E-state index contributed by atoms with van der Waals surface area (Å²) in [7, 11) is -6.39. The van der Waals surface area contributed by atoms with E-state index in [4.69, 9.17) is 18.9 Å². The number of ether oxygens (including phenoxy) is 6. The predicted octanol–water partition coefficient (Wildman–Crippen LogP) is 4.14. The molecule has 0 aliphatic rings. The number of sulfonamides is 2. The summed E-state index contributed by atoms with van der Waals surface area (Å²) in [5.74, 6) is -3.86. The summed E-state index contributed by atoms with van der Waals surface area (Å²) < 4.78 is 83.6. The lowest BCUT2D eigenvalue weighted by atomic mass is 10.2. The first-order valence-corrected chi connectivity index (χ1v) is 29.5. The van der Waals surface area contributed by atoms with Gasteiger partial charge in [0.15, 0.2) is 25.6 Å². The Labute approximate surface area is 471 Å². The maximum absolute atomic E-state index is 12.7. The van der Waals surface area contributed by atoms with Crippen molar-refractivity contribution in [3.05, 3.63) is 83.4 Å². The zero-order chi connectivity index (χ0) is 59.4. The Balaban J connectivity index is 0.000000422. The molecule has 26 nitrogen and oxygen atoms in total. The fourth-order valence-electron chi connectivity index (χ4n) is 5.96. The fraction of sp³-hybridized carbons (Fsp3) is 0.440. The van der Waals surface area contributed by atoms with Crippen LogP contribution in [0, 0.1) is 39.5 Å². The Bertz CT molecular complexity index is 2970. The van der Waals surface area contributed by atoms with E-state index >= 15 is 0 Å². The van der Waals surface area contributed by atoms with Gasteiger partial charge in [-0.3, -0.25) is 24.0 Å². The Hall–Kier alpha value is -7.28. The molecule has 0 aliphatic carbocycles. The number of aromatic nitrogens is 4. The summed E-state index contributed by atoms with van der Waals surface area (Å²) in [5.41, 5.74) is 3.35. The molecule has 0 aliphatic heterocycles. The van der Waals surface area contributed by atoms with Crippen molar-refractivity contribution in [1.82, 2.24) is 19.9 Å². The second kappa shape index (κ2) is 34.0. The molecule has 0 saturated carbocycles. The normalized spacial score (nSPS) is 11.8. The average Bonchev–Trinajstić information content (AvgIpc) is 3.38. The average molecular weight is 1190 g/mol. The Morgan fingerprint density at radius 2 is 0.838 bits per heavy atom. The zero-order valence-corrected chi connectivity index (χ0v) is 48.4. The van der Waals surface area contributed by atoms with E-state index in [0.717, 1.165) is 0 Å². The lowest BCUT2D eigenvalue weighted by molar-refractivity contribution is -0.165. The summed E-state index contributed by atoms with van der Waals surface area (Å²) in [4.78, 5) is 110. The number of rotatable bonds is 31. The molecule has 0 saturated heterocycles. The van der Waals surface area contributed by atoms with Gasteiger partial charge >= 0.3 is 29.8 Å². The number of nitrogens with zero attached hydrogens (tertiary/aromatic N) is 4. The van der Waals surface area contributed by atoms with E-state index < -0.39 is 81.5 Å². The molecule has 0 fully saturated rings. The molecule has 30 heteroatoms. The van der Waals surface area contributed by atoms with E-state index in [0.29, 0.717) is 57.2 Å². The molecule has 80 heavy (non-hydrogen) atoms. The Kier molecular flexibility index (Phi) is 28.5. The van der Waals surface area contributed by atoms with Gasteiger partial charge in [-0.25, -0.2) is 60.6 Å². The van der Waals surface area contributed by atoms with Crippen LogP contribution in [0.15, 0.2) is 70.5 Å². The third kappa shape index (κ3) is 26.6. The van der Waals surface area contributed by atoms with Crippen molar-refractivity contribution in [3.8, 4) is 0 Å². The van der Waals surface area contributed by atoms with E-state index in [2.05, 4.69) is 49.5 Å². The maximum Gasteiger partial charge on any atom is 0.344 e. The minimum Gasteiger partial charge on any atom is -0.461 e. The summed E-state index contributed by atoms with van der Waals surface area (Å²) in [5, 5.41) is 5.46. The molecule has 0 radical (unpaired) electrons. The van der Waals surface area contributed by atoms with Gasteiger partial charge in [0.05, 0.1) is 29.2 Å². The topological polar surface area (TPSA) is 360 Å². The minimum atomic E-state index is -3.93. The number of aryl methyl sites for hydroxylation is 4. The van der Waals surface area contributed by atoms with Crippen molar-refractivity contribution in [1.29, 1.82) is 0 Å². The van der Waals surface area contributed by atoms with Crippen molar-refractivity contribution < 1.29 is 83.6 Å². The lowest BCUT2D eigenvalue weighted by Gasteiger charge is -2.13. The molecule has 4 N–H and O–H groups in total. The van der Waals surface area contributed by atoms with Crippen LogP contribution in [-0.2, 0) is 86.8 Å². The first kappa shape index (κ1) is 67.0. The molecule has 2 atom stereocenters. The van der Waals surface area contributed by atoms with Gasteiger partial charge in [-0.05, 0) is 95.3 Å². The van der Waals surface area contributed by atoms with E-state index in [1.807, 2.05) is 0 Å². The highest BCUT2D eigenvalue weighted by Gasteiger charge is 2.21. The molecule has 2 aromatic carbocycles. The number of nitrogens with one attached hydrogen (secondary N) is 4. The third-order valence-electron chi connectivity index (χ3n) is 9.85. The van der Waals surface area contributed by atoms with Crippen LogP contribution in [0.25, 0.3) is 0 Å². The molecule has 436 valence electrons. The number of ketones is 1. The number of carbonyl (C=O) groups excluding carboxylic acids is 8. The van der Waals surface area contributed by atoms with Gasteiger partial charge in [0, 0.05) is 76.1 Å². The number of thioether (sulfide) groups is 2. The minimum absolute atomic E-state index is 0.00246. The number of carbonyl (C=O) groups is 8. The van der Waals surface area contributed by atoms with Gasteiger partial charge in [-0.1, -0.05) is 13.8 Å². The first-order chi connectivity index (χ1) is 37.7. The van der Waals surface area contributed by atoms with Crippen molar-refractivity contribution >= 4 is 114 Å². The summed E-state index contributed by atoms with van der Waals surface area (Å²) in [6.07, 6.45) is 0.0403. The number of Topliss-reactive ketones (excluding diaryl/α,β-unsaturated/α-hetero) is 1. The number of benzene rings is 2. The monoisotopic (exact) mass is 1190 g/mol. The molecule has 2 heterocycles. The second-order valence-electron chi connectivity index (χ2n) is 17.2. The number of hydrogen-bond donors (Lipinski definition) is 4. The maximum atomic E-state index is 12.7. The standard InChI is InChI=1S/C26H34N4O10S2.C24H30N4O8S2/c1-17(16-41-12-9-22(31)39-15-24(33)40-14-23(32)38-11-10-37-4)25(34)29-20-5-7-21(8-6-20)42(35,36)30-26-27-18(2)13-19(3)28-26;1-15(14-37-10-9-21(30)36-13-22(31)35-12-18(4)29)23(32)27-19-5-7-20(8-6-19)38(33,34)28-24-25-16(2)11-17(3)26-24/h5-8,13,17H,9-12,14-16H2,1-4H3,(H,29,34)(H,27,28,30);5-8,11,15H,9-10,12-14H2,1-4H3,(H,27,32)(H,25,26,28). The van der Waals surface area contributed by atoms with Gasteiger partial charge in [0.2, 0.25) is 23.7 Å². The van der Waals surface area contributed by atoms with E-state index in [1.165, 1.54) is 86.1 Å². The highest BCUT2D eigenvalue weighted by atomic mass is 32.2. The highest BCUT2D eigenvalue weighted by Crippen LogP contribution is 2.21. The lowest BCUT2D eigenvalue weighted by Crippen LogP contribution is -2.23. The molecule has 2 amide bonds. The molecule has 4 aromatic rings. The smallest absolute Gasteiger partial charge is 0.344 e. The van der Waals surface area contributed by atoms with Crippen LogP contribution in [0.4, 0.5) is 23.3 Å². The first-order valence-electron chi connectivity index (χ1n) is 24.2. The molecule has 4 rings (SSSR count). The summed E-state index contributed by atoms with van der Waals surface area (Å²) in [6.45, 7) is 9.71. The Morgan fingerprint density at radius 3 is 1.19 bits per heavy atom. The molecular formula is C50H64N8O18S4. The molecule has 0 bridgehead atoms. The van der Waals surface area contributed by atoms with Gasteiger partial charge in [-0.2, -0.15) is 23.5 Å². The fourth-order valence-corrected chi connectivity index (χ4v) is 9.81. The largest absolute Gasteiger partial charge is 0.461 e. The molecular weight excluding hydrogens is 1130 g/mol. The van der Waals surface area contributed by atoms with E-state index in [9.17, 15) is 55.2 Å². The SMILES string of the molecule is CC(=O)COC(=O)COC(=O)CCSCC(C)C(=O)Nc1ccc(S(=O)(=O)Nc2nc(C)cc(C)n2)cc1.COCCOC(=O)COC(=O)COC(=O)CCSCC(C)C(=O)Nc1ccc(S(=O)(=O)Nc2nc(C)cc(C)n2)cc1. The quantitative estimate of drug-likeness (QED) is 0.0312. The van der Waals surface area contributed by atoms with Crippen molar-refractivity contribution in [3.63, 3.8) is 0 Å². The highest BCUT2D eigenvalue weighted by molar-refractivity contribution is 7.99. The van der Waals surface area contributed by atoms with Gasteiger partial charge < -0.3 is 39.1 Å². The zero-order valence-electron chi connectivity index (χ0n) is 45.2. The number of amides is 2. The van der Waals surface area contributed by atoms with Crippen LogP contribution in [0.3, 0.4) is 0 Å². The van der Waals surface area contributed by atoms with Gasteiger partial charge in [-0.15, -0.1) is 0 Å². The number of esters is 5. The third-order valence-corrected chi connectivity index (χ3v) is 15.0. The predicted molar refractivity (Wildman–Crippen MR) is 294 cm³/mol. The summed E-state index contributed by atoms with van der Waals surface area (Å²) in [6, 6.07) is 14.8. The van der Waals surface area contributed by atoms with Crippen LogP contribution in [0.2, 0.25) is 0 Å². The number of hydrogen-bond acceptors (Lipinski definition) is 24. The van der Waals surface area contributed by atoms with Crippen LogP contribution in [0.1, 0.15) is 56.4 Å². The van der Waals surface area contributed by atoms with Gasteiger partial charge in [0.25, 0.3) is 20.0 Å². The molecule has 2 unspecified atom stereocenters. The second-order valence-corrected chi connectivity index (χ2v) is 22.9. The van der Waals surface area contributed by atoms with Crippen LogP contribution in [0.5, 0.6) is 0 Å². The molecule has 0 spiro atoms. The van der Waals surface area contributed by atoms with E-state index in [-0.39, 0.29) is 71.9 Å². The molecule has 2 aromatic heterocycles. The van der Waals surface area contributed by atoms with Crippen molar-refractivity contribution in [2.75, 3.05) is 89.8 Å². The van der Waals surface area contributed by atoms with Gasteiger partial charge in [0.1, 0.15) is 13.2 Å². The van der Waals surface area contributed by atoms with Crippen LogP contribution < -0.4 is 20.1 Å². The van der Waals surface area contributed by atoms with E-state index in [1.54, 1.807) is 53.7 Å².